The Kier molecular flexibility index (Phi) is 4.88. The minimum atomic E-state index is -0.166. The van der Waals surface area contributed by atoms with Crippen molar-refractivity contribution in [3.63, 3.8) is 0 Å². The summed E-state index contributed by atoms with van der Waals surface area (Å²) in [6.07, 6.45) is 2.61. The van der Waals surface area contributed by atoms with Crippen LogP contribution in [0.25, 0.3) is 0 Å². The number of cyclic esters (lactones) is 1. The molecule has 4 nitrogen and oxygen atoms in total. The van der Waals surface area contributed by atoms with Crippen LogP contribution in [0.4, 0.5) is 4.79 Å². The van der Waals surface area contributed by atoms with Gasteiger partial charge in [0.2, 0.25) is 0 Å². The molecular weight excluding hydrogens is 192 g/mol. The molecule has 1 atom stereocenters. The Morgan fingerprint density at radius 1 is 1.60 bits per heavy atom. The Labute approximate surface area is 91.8 Å². The Hall–Kier alpha value is -0.770. The van der Waals surface area contributed by atoms with Crippen molar-refractivity contribution in [2.45, 2.75) is 39.2 Å². The summed E-state index contributed by atoms with van der Waals surface area (Å²) < 4.78 is 5.28. The van der Waals surface area contributed by atoms with E-state index in [9.17, 15) is 4.79 Å². The fraction of sp³-hybridized carbons (Fsp3) is 0.909. The highest BCUT2D eigenvalue weighted by atomic mass is 16.6. The molecule has 1 unspecified atom stereocenters. The normalized spacial score (nSPS) is 22.0. The third-order valence-electron chi connectivity index (χ3n) is 2.71. The number of nitrogens with two attached hydrogens (primary N) is 1. The van der Waals surface area contributed by atoms with Gasteiger partial charge in [-0.1, -0.05) is 13.8 Å². The van der Waals surface area contributed by atoms with Crippen LogP contribution in [0.1, 0.15) is 33.1 Å². The molecule has 1 fully saturated rings. The van der Waals surface area contributed by atoms with Crippen LogP contribution >= 0.6 is 0 Å². The lowest BCUT2D eigenvalue weighted by Crippen LogP contribution is -2.43. The molecule has 0 aromatic heterocycles. The Morgan fingerprint density at radius 2 is 2.33 bits per heavy atom. The minimum Gasteiger partial charge on any atom is -0.446 e. The van der Waals surface area contributed by atoms with Crippen LogP contribution in [0.3, 0.4) is 0 Å². The van der Waals surface area contributed by atoms with E-state index in [1.54, 1.807) is 4.90 Å². The van der Waals surface area contributed by atoms with Crippen molar-refractivity contribution in [2.24, 2.45) is 11.7 Å². The van der Waals surface area contributed by atoms with Crippen molar-refractivity contribution in [1.82, 2.24) is 4.90 Å². The molecular formula is C11H22N2O2. The van der Waals surface area contributed by atoms with Crippen LogP contribution in [0.5, 0.6) is 0 Å². The Morgan fingerprint density at radius 3 is 2.87 bits per heavy atom. The summed E-state index contributed by atoms with van der Waals surface area (Å²) in [5.74, 6) is 0.625. The molecule has 0 bridgehead atoms. The molecule has 0 aromatic rings. The van der Waals surface area contributed by atoms with Crippen LogP contribution in [-0.4, -0.2) is 36.7 Å². The summed E-state index contributed by atoms with van der Waals surface area (Å²) in [6, 6.07) is 0. The van der Waals surface area contributed by atoms with E-state index in [0.717, 1.165) is 32.4 Å². The maximum absolute atomic E-state index is 11.6. The average molecular weight is 214 g/mol. The van der Waals surface area contributed by atoms with Crippen LogP contribution in [0.2, 0.25) is 0 Å². The van der Waals surface area contributed by atoms with Gasteiger partial charge in [0.25, 0.3) is 0 Å². The molecule has 4 heteroatoms. The minimum absolute atomic E-state index is 0.0396. The highest BCUT2D eigenvalue weighted by molar-refractivity contribution is 5.68. The van der Waals surface area contributed by atoms with E-state index in [0.29, 0.717) is 12.5 Å². The molecule has 1 amide bonds. The zero-order chi connectivity index (χ0) is 11.3. The number of hydrogen-bond donors (Lipinski definition) is 1. The van der Waals surface area contributed by atoms with Crippen molar-refractivity contribution < 1.29 is 9.53 Å². The van der Waals surface area contributed by atoms with Gasteiger partial charge in [0.1, 0.15) is 6.10 Å². The molecule has 1 aliphatic rings. The molecule has 0 radical (unpaired) electrons. The fourth-order valence-corrected chi connectivity index (χ4v) is 1.67. The van der Waals surface area contributed by atoms with E-state index in [4.69, 9.17) is 10.5 Å². The lowest BCUT2D eigenvalue weighted by Gasteiger charge is -2.32. The standard InChI is InChI=1S/C11H22N2O2/c1-9(2)4-7-13-8-5-10(3-6-12)15-11(13)14/h9-10H,3-8,12H2,1-2H3. The van der Waals surface area contributed by atoms with Crippen LogP contribution in [0.15, 0.2) is 0 Å². The first-order chi connectivity index (χ1) is 7.13. The summed E-state index contributed by atoms with van der Waals surface area (Å²) in [5.41, 5.74) is 5.43. The first kappa shape index (κ1) is 12.3. The highest BCUT2D eigenvalue weighted by Gasteiger charge is 2.26. The summed E-state index contributed by atoms with van der Waals surface area (Å²) in [7, 11) is 0. The molecule has 15 heavy (non-hydrogen) atoms. The average Bonchev–Trinajstić information content (AvgIpc) is 2.17. The second-order valence-electron chi connectivity index (χ2n) is 4.54. The fourth-order valence-electron chi connectivity index (χ4n) is 1.67. The molecule has 1 saturated heterocycles. The van der Waals surface area contributed by atoms with Crippen molar-refractivity contribution in [2.75, 3.05) is 19.6 Å². The second kappa shape index (κ2) is 5.95. The van der Waals surface area contributed by atoms with Crippen molar-refractivity contribution in [3.05, 3.63) is 0 Å². The topological polar surface area (TPSA) is 55.6 Å². The lowest BCUT2D eigenvalue weighted by molar-refractivity contribution is 0.0215. The van der Waals surface area contributed by atoms with E-state index in [2.05, 4.69) is 13.8 Å². The smallest absolute Gasteiger partial charge is 0.410 e. The highest BCUT2D eigenvalue weighted by Crippen LogP contribution is 2.15. The summed E-state index contributed by atoms with van der Waals surface area (Å²) in [6.45, 7) is 6.53. The van der Waals surface area contributed by atoms with Gasteiger partial charge in [-0.3, -0.25) is 0 Å². The maximum Gasteiger partial charge on any atom is 0.410 e. The molecule has 88 valence electrons. The number of carbonyl (C=O) groups is 1. The predicted molar refractivity (Wildman–Crippen MR) is 59.6 cm³/mol. The SMILES string of the molecule is CC(C)CCN1CCC(CCN)OC1=O. The molecule has 0 spiro atoms. The van der Waals surface area contributed by atoms with Gasteiger partial charge >= 0.3 is 6.09 Å². The van der Waals surface area contributed by atoms with Crippen molar-refractivity contribution in [1.29, 1.82) is 0 Å². The van der Waals surface area contributed by atoms with E-state index in [-0.39, 0.29) is 12.2 Å². The zero-order valence-corrected chi connectivity index (χ0v) is 9.74. The summed E-state index contributed by atoms with van der Waals surface area (Å²) >= 11 is 0. The number of carbonyl (C=O) groups excluding carboxylic acids is 1. The molecule has 0 saturated carbocycles. The molecule has 1 rings (SSSR count). The number of nitrogens with zero attached hydrogens (tertiary/aromatic N) is 1. The van der Waals surface area contributed by atoms with Crippen molar-refractivity contribution in [3.8, 4) is 0 Å². The molecule has 2 N–H and O–H groups in total. The number of rotatable bonds is 5. The quantitative estimate of drug-likeness (QED) is 0.756. The molecule has 0 aliphatic carbocycles. The third kappa shape index (κ3) is 4.08. The van der Waals surface area contributed by atoms with Gasteiger partial charge in [-0.25, -0.2) is 4.79 Å². The lowest BCUT2D eigenvalue weighted by atomic mass is 10.1. The Balaban J connectivity index is 2.29. The van der Waals surface area contributed by atoms with E-state index in [1.165, 1.54) is 0 Å². The first-order valence-electron chi connectivity index (χ1n) is 5.79. The van der Waals surface area contributed by atoms with Gasteiger partial charge in [0.05, 0.1) is 0 Å². The second-order valence-corrected chi connectivity index (χ2v) is 4.54. The van der Waals surface area contributed by atoms with Crippen LogP contribution in [0, 0.1) is 5.92 Å². The van der Waals surface area contributed by atoms with E-state index >= 15 is 0 Å². The number of hydrogen-bond acceptors (Lipinski definition) is 3. The van der Waals surface area contributed by atoms with Gasteiger partial charge in [0, 0.05) is 19.5 Å². The summed E-state index contributed by atoms with van der Waals surface area (Å²) in [5, 5.41) is 0. The van der Waals surface area contributed by atoms with Gasteiger partial charge in [-0.2, -0.15) is 0 Å². The third-order valence-corrected chi connectivity index (χ3v) is 2.71. The Bertz CT molecular complexity index is 207. The number of ether oxygens (including phenoxy) is 1. The van der Waals surface area contributed by atoms with Gasteiger partial charge in [-0.15, -0.1) is 0 Å². The van der Waals surface area contributed by atoms with Gasteiger partial charge < -0.3 is 15.4 Å². The summed E-state index contributed by atoms with van der Waals surface area (Å²) in [4.78, 5) is 13.4. The van der Waals surface area contributed by atoms with Crippen LogP contribution < -0.4 is 5.73 Å². The van der Waals surface area contributed by atoms with E-state index < -0.39 is 0 Å². The van der Waals surface area contributed by atoms with E-state index in [1.807, 2.05) is 0 Å². The largest absolute Gasteiger partial charge is 0.446 e. The predicted octanol–water partition coefficient (Wildman–Crippen LogP) is 1.59. The first-order valence-corrected chi connectivity index (χ1v) is 5.79. The number of amides is 1. The monoisotopic (exact) mass is 214 g/mol. The molecule has 1 aliphatic heterocycles. The van der Waals surface area contributed by atoms with Gasteiger partial charge in [-0.05, 0) is 25.3 Å². The molecule has 1 heterocycles. The zero-order valence-electron chi connectivity index (χ0n) is 9.74. The van der Waals surface area contributed by atoms with Gasteiger partial charge in [0.15, 0.2) is 0 Å². The maximum atomic E-state index is 11.6. The van der Waals surface area contributed by atoms with Crippen LogP contribution in [-0.2, 0) is 4.74 Å². The van der Waals surface area contributed by atoms with Crippen molar-refractivity contribution >= 4 is 6.09 Å². The molecule has 0 aromatic carbocycles.